The SMILES string of the molecule is CN(C)CCCN1C(=O)c2oc3c(ccc4ccccc43)c(=O)c2[C@@H]1c1ccc(F)cc1. The minimum absolute atomic E-state index is 0.0815. The highest BCUT2D eigenvalue weighted by Crippen LogP contribution is 2.39. The Morgan fingerprint density at radius 1 is 0.969 bits per heavy atom. The summed E-state index contributed by atoms with van der Waals surface area (Å²) in [5.41, 5.74) is 1.23. The van der Waals surface area contributed by atoms with Gasteiger partial charge in [-0.15, -0.1) is 0 Å². The van der Waals surface area contributed by atoms with Gasteiger partial charge >= 0.3 is 0 Å². The van der Waals surface area contributed by atoms with E-state index in [1.54, 1.807) is 23.1 Å². The van der Waals surface area contributed by atoms with Crippen molar-refractivity contribution in [2.45, 2.75) is 12.5 Å². The Hall–Kier alpha value is -3.51. The molecule has 0 saturated heterocycles. The third-order valence-corrected chi connectivity index (χ3v) is 6.05. The van der Waals surface area contributed by atoms with Crippen LogP contribution in [-0.4, -0.2) is 42.9 Å². The van der Waals surface area contributed by atoms with Crippen LogP contribution >= 0.6 is 0 Å². The number of hydrogen-bond donors (Lipinski definition) is 0. The van der Waals surface area contributed by atoms with Crippen LogP contribution in [0.3, 0.4) is 0 Å². The standard InChI is InChI=1S/C26H23FN2O3/c1-28(2)14-5-15-29-22(17-8-11-18(27)12-9-17)21-23(30)20-13-10-16-6-3-4-7-19(16)24(20)32-25(21)26(29)31/h3-4,6-13,22H,5,14-15H2,1-2H3/t22-/m0/s1. The van der Waals surface area contributed by atoms with Gasteiger partial charge in [0.25, 0.3) is 5.91 Å². The van der Waals surface area contributed by atoms with Crippen molar-refractivity contribution < 1.29 is 13.6 Å². The summed E-state index contributed by atoms with van der Waals surface area (Å²) in [6.45, 7) is 1.25. The Balaban J connectivity index is 1.72. The number of fused-ring (bicyclic) bond motifs is 4. The summed E-state index contributed by atoms with van der Waals surface area (Å²) in [6, 6.07) is 16.6. The predicted octanol–water partition coefficient (Wildman–Crippen LogP) is 4.58. The second kappa shape index (κ2) is 7.88. The van der Waals surface area contributed by atoms with Crippen LogP contribution in [0, 0.1) is 5.82 Å². The highest BCUT2D eigenvalue weighted by Gasteiger charge is 2.42. The fourth-order valence-electron chi connectivity index (χ4n) is 4.53. The molecule has 0 fully saturated rings. The lowest BCUT2D eigenvalue weighted by atomic mass is 9.97. The number of halogens is 1. The van der Waals surface area contributed by atoms with E-state index in [2.05, 4.69) is 0 Å². The molecule has 2 heterocycles. The molecular weight excluding hydrogens is 407 g/mol. The number of amides is 1. The molecule has 5 nitrogen and oxygen atoms in total. The first kappa shape index (κ1) is 20.4. The zero-order valence-electron chi connectivity index (χ0n) is 18.0. The van der Waals surface area contributed by atoms with Crippen molar-refractivity contribution in [3.63, 3.8) is 0 Å². The van der Waals surface area contributed by atoms with E-state index >= 15 is 0 Å². The van der Waals surface area contributed by atoms with Crippen molar-refractivity contribution in [1.82, 2.24) is 9.80 Å². The Morgan fingerprint density at radius 2 is 1.72 bits per heavy atom. The molecular formula is C26H23FN2O3. The molecule has 1 aliphatic heterocycles. The maximum absolute atomic E-state index is 13.7. The zero-order valence-corrected chi connectivity index (χ0v) is 18.0. The molecule has 4 aromatic rings. The van der Waals surface area contributed by atoms with Gasteiger partial charge < -0.3 is 14.2 Å². The highest BCUT2D eigenvalue weighted by molar-refractivity contribution is 6.06. The summed E-state index contributed by atoms with van der Waals surface area (Å²) in [5.74, 6) is -0.590. The summed E-state index contributed by atoms with van der Waals surface area (Å²) in [5, 5.41) is 2.17. The van der Waals surface area contributed by atoms with Crippen molar-refractivity contribution in [2.24, 2.45) is 0 Å². The van der Waals surface area contributed by atoms with Crippen LogP contribution in [0.5, 0.6) is 0 Å². The molecule has 6 heteroatoms. The van der Waals surface area contributed by atoms with Crippen molar-refractivity contribution in [3.8, 4) is 0 Å². The topological polar surface area (TPSA) is 53.8 Å². The minimum atomic E-state index is -0.604. The van der Waals surface area contributed by atoms with Gasteiger partial charge in [-0.25, -0.2) is 4.39 Å². The van der Waals surface area contributed by atoms with Gasteiger partial charge in [0.15, 0.2) is 5.43 Å². The second-order valence-corrected chi connectivity index (χ2v) is 8.45. The molecule has 0 unspecified atom stereocenters. The van der Waals surface area contributed by atoms with Crippen LogP contribution in [0.25, 0.3) is 21.7 Å². The summed E-state index contributed by atoms with van der Waals surface area (Å²) in [6.07, 6.45) is 0.737. The zero-order chi connectivity index (χ0) is 22.4. The molecule has 5 rings (SSSR count). The largest absolute Gasteiger partial charge is 0.450 e. The molecule has 1 aliphatic rings. The number of nitrogens with zero attached hydrogens (tertiary/aromatic N) is 2. The van der Waals surface area contributed by atoms with E-state index in [0.717, 1.165) is 23.7 Å². The van der Waals surface area contributed by atoms with Crippen LogP contribution in [0.15, 0.2) is 69.9 Å². The smallest absolute Gasteiger partial charge is 0.290 e. The van der Waals surface area contributed by atoms with Crippen LogP contribution in [0.2, 0.25) is 0 Å². The van der Waals surface area contributed by atoms with Gasteiger partial charge in [0, 0.05) is 11.9 Å². The van der Waals surface area contributed by atoms with Crippen molar-refractivity contribution in [2.75, 3.05) is 27.2 Å². The first-order valence-electron chi connectivity index (χ1n) is 10.7. The van der Waals surface area contributed by atoms with Gasteiger partial charge in [-0.05, 0) is 56.2 Å². The summed E-state index contributed by atoms with van der Waals surface area (Å²) in [4.78, 5) is 30.8. The minimum Gasteiger partial charge on any atom is -0.450 e. The molecule has 0 N–H and O–H groups in total. The molecule has 32 heavy (non-hydrogen) atoms. The van der Waals surface area contributed by atoms with Crippen LogP contribution in [0.4, 0.5) is 4.39 Å². The van der Waals surface area contributed by atoms with Gasteiger partial charge in [0.1, 0.15) is 11.4 Å². The number of carbonyl (C=O) groups is 1. The normalized spacial score (nSPS) is 15.8. The monoisotopic (exact) mass is 430 g/mol. The lowest BCUT2D eigenvalue weighted by Crippen LogP contribution is -2.32. The van der Waals surface area contributed by atoms with Crippen molar-refractivity contribution in [3.05, 3.63) is 93.6 Å². The van der Waals surface area contributed by atoms with Gasteiger partial charge in [-0.2, -0.15) is 0 Å². The fourth-order valence-corrected chi connectivity index (χ4v) is 4.53. The van der Waals surface area contributed by atoms with E-state index in [9.17, 15) is 14.0 Å². The molecule has 1 amide bonds. The summed E-state index contributed by atoms with van der Waals surface area (Å²) >= 11 is 0. The quantitative estimate of drug-likeness (QED) is 0.435. The van der Waals surface area contributed by atoms with E-state index in [1.165, 1.54) is 12.1 Å². The highest BCUT2D eigenvalue weighted by atomic mass is 19.1. The molecule has 162 valence electrons. The molecule has 0 aliphatic carbocycles. The first-order chi connectivity index (χ1) is 15.5. The summed E-state index contributed by atoms with van der Waals surface area (Å²) < 4.78 is 19.8. The average Bonchev–Trinajstić information content (AvgIpc) is 3.06. The molecule has 0 saturated carbocycles. The van der Waals surface area contributed by atoms with E-state index < -0.39 is 6.04 Å². The third-order valence-electron chi connectivity index (χ3n) is 6.05. The maximum Gasteiger partial charge on any atom is 0.290 e. The molecule has 0 bridgehead atoms. The van der Waals surface area contributed by atoms with Crippen LogP contribution < -0.4 is 5.43 Å². The lowest BCUT2D eigenvalue weighted by molar-refractivity contribution is 0.0722. The van der Waals surface area contributed by atoms with E-state index in [0.29, 0.717) is 28.6 Å². The number of rotatable bonds is 5. The van der Waals surface area contributed by atoms with Gasteiger partial charge in [-0.1, -0.05) is 42.5 Å². The van der Waals surface area contributed by atoms with Crippen LogP contribution in [0.1, 0.15) is 34.1 Å². The second-order valence-electron chi connectivity index (χ2n) is 8.45. The van der Waals surface area contributed by atoms with Crippen molar-refractivity contribution in [1.29, 1.82) is 0 Å². The Morgan fingerprint density at radius 3 is 2.47 bits per heavy atom. The van der Waals surface area contributed by atoms with E-state index in [-0.39, 0.29) is 22.9 Å². The van der Waals surface area contributed by atoms with Crippen molar-refractivity contribution >= 4 is 27.6 Å². The average molecular weight is 430 g/mol. The third kappa shape index (κ3) is 3.28. The lowest BCUT2D eigenvalue weighted by Gasteiger charge is -2.25. The number of hydrogen-bond acceptors (Lipinski definition) is 4. The fraction of sp³-hybridized carbons (Fsp3) is 0.231. The van der Waals surface area contributed by atoms with Gasteiger partial charge in [0.05, 0.1) is 17.0 Å². The van der Waals surface area contributed by atoms with Crippen LogP contribution in [-0.2, 0) is 0 Å². The van der Waals surface area contributed by atoms with E-state index in [4.69, 9.17) is 4.42 Å². The summed E-state index contributed by atoms with van der Waals surface area (Å²) in [7, 11) is 3.95. The Kier molecular flexibility index (Phi) is 5.02. The molecule has 3 aromatic carbocycles. The van der Waals surface area contributed by atoms with Gasteiger partial charge in [0.2, 0.25) is 5.76 Å². The molecule has 0 radical (unpaired) electrons. The number of carbonyl (C=O) groups excluding carboxylic acids is 1. The maximum atomic E-state index is 13.7. The Bertz CT molecular complexity index is 1390. The molecule has 1 atom stereocenters. The first-order valence-corrected chi connectivity index (χ1v) is 10.7. The predicted molar refractivity (Wildman–Crippen MR) is 122 cm³/mol. The molecule has 0 spiro atoms. The van der Waals surface area contributed by atoms with E-state index in [1.807, 2.05) is 49.3 Å². The number of benzene rings is 3. The van der Waals surface area contributed by atoms with Gasteiger partial charge in [-0.3, -0.25) is 9.59 Å². The Labute approximate surface area is 184 Å². The molecule has 1 aromatic heterocycles.